The van der Waals surface area contributed by atoms with E-state index in [2.05, 4.69) is 19.9 Å². The van der Waals surface area contributed by atoms with Crippen molar-refractivity contribution < 1.29 is 22.7 Å². The van der Waals surface area contributed by atoms with E-state index in [0.717, 1.165) is 24.5 Å². The Labute approximate surface area is 167 Å². The molecule has 0 spiro atoms. The van der Waals surface area contributed by atoms with Crippen LogP contribution in [-0.4, -0.2) is 36.8 Å². The summed E-state index contributed by atoms with van der Waals surface area (Å²) < 4.78 is 41.1. The molecule has 2 aromatic rings. The molecule has 3 rings (SSSR count). The average molecular weight is 407 g/mol. The van der Waals surface area contributed by atoms with Gasteiger partial charge in [0.2, 0.25) is 0 Å². The van der Waals surface area contributed by atoms with E-state index in [1.165, 1.54) is 49.9 Å². The number of ether oxygens (including phenoxy) is 1. The predicted octanol–water partition coefficient (Wildman–Crippen LogP) is 4.33. The Kier molecular flexibility index (Phi) is 6.95. The van der Waals surface area contributed by atoms with Gasteiger partial charge in [-0.1, -0.05) is 18.9 Å². The number of nitrogens with one attached hydrogen (secondary N) is 1. The third-order valence-electron chi connectivity index (χ3n) is 4.71. The summed E-state index contributed by atoms with van der Waals surface area (Å²) in [6, 6.07) is 9.47. The quantitative estimate of drug-likeness (QED) is 0.774. The molecule has 156 valence electrons. The molecule has 0 saturated carbocycles. The lowest BCUT2D eigenvalue weighted by atomic mass is 10.2. The molecule has 1 N–H and O–H groups in total. The van der Waals surface area contributed by atoms with Crippen molar-refractivity contribution in [2.24, 2.45) is 0 Å². The van der Waals surface area contributed by atoms with E-state index < -0.39 is 12.8 Å². The van der Waals surface area contributed by atoms with E-state index in [-0.39, 0.29) is 11.7 Å². The number of amides is 1. The highest BCUT2D eigenvalue weighted by atomic mass is 19.4. The molecule has 0 aliphatic carbocycles. The average Bonchev–Trinajstić information content (AvgIpc) is 3.00. The maximum absolute atomic E-state index is 12.2. The van der Waals surface area contributed by atoms with Crippen molar-refractivity contribution in [1.29, 1.82) is 0 Å². The Morgan fingerprint density at radius 2 is 1.72 bits per heavy atom. The molecule has 1 fully saturated rings. The Hall–Kier alpha value is -2.77. The van der Waals surface area contributed by atoms with Gasteiger partial charge >= 0.3 is 6.18 Å². The summed E-state index contributed by atoms with van der Waals surface area (Å²) in [4.78, 5) is 19.0. The molecule has 1 amide bonds. The summed E-state index contributed by atoms with van der Waals surface area (Å²) in [7, 11) is 0. The number of aromatic nitrogens is 1. The summed E-state index contributed by atoms with van der Waals surface area (Å²) in [5, 5.41) is 2.79. The molecule has 29 heavy (non-hydrogen) atoms. The first kappa shape index (κ1) is 21.0. The lowest BCUT2D eigenvalue weighted by Gasteiger charge is -2.21. The molecule has 1 saturated heterocycles. The first-order chi connectivity index (χ1) is 13.9. The normalized spacial score (nSPS) is 14.9. The van der Waals surface area contributed by atoms with Crippen molar-refractivity contribution in [3.63, 3.8) is 0 Å². The van der Waals surface area contributed by atoms with Crippen molar-refractivity contribution in [2.45, 2.75) is 38.4 Å². The van der Waals surface area contributed by atoms with Gasteiger partial charge in [0.1, 0.15) is 11.6 Å². The molecule has 0 unspecified atom stereocenters. The highest BCUT2D eigenvalue weighted by Gasteiger charge is 2.28. The summed E-state index contributed by atoms with van der Waals surface area (Å²) >= 11 is 0. The van der Waals surface area contributed by atoms with E-state index in [1.54, 1.807) is 6.20 Å². The van der Waals surface area contributed by atoms with Crippen LogP contribution in [0, 0.1) is 0 Å². The summed E-state index contributed by atoms with van der Waals surface area (Å²) in [5.74, 6) is 0.701. The summed E-state index contributed by atoms with van der Waals surface area (Å²) in [6.45, 7) is 0.995. The second-order valence-corrected chi connectivity index (χ2v) is 7.04. The van der Waals surface area contributed by atoms with Gasteiger partial charge in [-0.15, -0.1) is 0 Å². The van der Waals surface area contributed by atoms with Crippen molar-refractivity contribution >= 4 is 11.7 Å². The van der Waals surface area contributed by atoms with Gasteiger partial charge in [0.25, 0.3) is 5.91 Å². The SMILES string of the molecule is O=C(NCc1ccc(N2CCCCCC2)nc1)c1ccc(OCC(F)(F)F)cc1. The van der Waals surface area contributed by atoms with Crippen LogP contribution in [0.2, 0.25) is 0 Å². The lowest BCUT2D eigenvalue weighted by molar-refractivity contribution is -0.153. The van der Waals surface area contributed by atoms with Gasteiger partial charge in [-0.05, 0) is 48.7 Å². The Bertz CT molecular complexity index is 784. The second-order valence-electron chi connectivity index (χ2n) is 7.04. The molecular weight excluding hydrogens is 383 g/mol. The molecular formula is C21H24F3N3O2. The van der Waals surface area contributed by atoms with Crippen LogP contribution in [0.15, 0.2) is 42.6 Å². The van der Waals surface area contributed by atoms with Gasteiger partial charge in [-0.2, -0.15) is 13.2 Å². The zero-order chi connectivity index (χ0) is 20.7. The second kappa shape index (κ2) is 9.62. The van der Waals surface area contributed by atoms with Gasteiger partial charge in [-0.25, -0.2) is 4.98 Å². The van der Waals surface area contributed by atoms with Crippen LogP contribution < -0.4 is 15.0 Å². The van der Waals surface area contributed by atoms with Crippen LogP contribution in [0.4, 0.5) is 19.0 Å². The number of carbonyl (C=O) groups excluding carboxylic acids is 1. The largest absolute Gasteiger partial charge is 0.484 e. The van der Waals surface area contributed by atoms with E-state index in [1.807, 2.05) is 12.1 Å². The Morgan fingerprint density at radius 3 is 2.31 bits per heavy atom. The molecule has 1 aliphatic rings. The molecule has 1 aliphatic heterocycles. The molecule has 5 nitrogen and oxygen atoms in total. The number of rotatable bonds is 6. The van der Waals surface area contributed by atoms with E-state index in [4.69, 9.17) is 0 Å². The Balaban J connectivity index is 1.49. The number of nitrogens with zero attached hydrogens (tertiary/aromatic N) is 2. The van der Waals surface area contributed by atoms with Crippen molar-refractivity contribution in [1.82, 2.24) is 10.3 Å². The van der Waals surface area contributed by atoms with Crippen LogP contribution in [-0.2, 0) is 6.54 Å². The van der Waals surface area contributed by atoms with Gasteiger partial charge in [0.05, 0.1) is 0 Å². The molecule has 0 bridgehead atoms. The number of pyridine rings is 1. The fourth-order valence-electron chi connectivity index (χ4n) is 3.16. The van der Waals surface area contributed by atoms with E-state index >= 15 is 0 Å². The maximum atomic E-state index is 12.2. The third kappa shape index (κ3) is 6.66. The lowest BCUT2D eigenvalue weighted by Crippen LogP contribution is -2.25. The minimum atomic E-state index is -4.40. The fraction of sp³-hybridized carbons (Fsp3) is 0.429. The fourth-order valence-corrected chi connectivity index (χ4v) is 3.16. The smallest absolute Gasteiger partial charge is 0.422 e. The number of anilines is 1. The minimum Gasteiger partial charge on any atom is -0.484 e. The minimum absolute atomic E-state index is 0.0622. The monoisotopic (exact) mass is 407 g/mol. The van der Waals surface area contributed by atoms with Crippen LogP contribution in [0.1, 0.15) is 41.6 Å². The number of hydrogen-bond donors (Lipinski definition) is 1. The first-order valence-corrected chi connectivity index (χ1v) is 9.68. The summed E-state index contributed by atoms with van der Waals surface area (Å²) in [5.41, 5.74) is 1.22. The standard InChI is InChI=1S/C21H24F3N3O2/c22-21(23,24)15-29-18-8-6-17(7-9-18)20(28)26-14-16-5-10-19(25-13-16)27-11-3-1-2-4-12-27/h5-10,13H,1-4,11-12,14-15H2,(H,26,28). The maximum Gasteiger partial charge on any atom is 0.422 e. The molecule has 0 atom stereocenters. The van der Waals surface area contributed by atoms with Gasteiger partial charge in [0.15, 0.2) is 6.61 Å². The Morgan fingerprint density at radius 1 is 1.03 bits per heavy atom. The van der Waals surface area contributed by atoms with Crippen molar-refractivity contribution in [3.8, 4) is 5.75 Å². The molecule has 2 heterocycles. The zero-order valence-corrected chi connectivity index (χ0v) is 16.0. The first-order valence-electron chi connectivity index (χ1n) is 9.68. The van der Waals surface area contributed by atoms with Crippen LogP contribution in [0.25, 0.3) is 0 Å². The number of benzene rings is 1. The van der Waals surface area contributed by atoms with Crippen LogP contribution >= 0.6 is 0 Å². The number of alkyl halides is 3. The molecule has 1 aromatic heterocycles. The topological polar surface area (TPSA) is 54.5 Å². The third-order valence-corrected chi connectivity index (χ3v) is 4.71. The van der Waals surface area contributed by atoms with Gasteiger partial charge < -0.3 is 15.0 Å². The highest BCUT2D eigenvalue weighted by molar-refractivity contribution is 5.94. The number of hydrogen-bond acceptors (Lipinski definition) is 4. The highest BCUT2D eigenvalue weighted by Crippen LogP contribution is 2.19. The molecule has 1 aromatic carbocycles. The van der Waals surface area contributed by atoms with Crippen molar-refractivity contribution in [2.75, 3.05) is 24.6 Å². The number of halogens is 3. The number of carbonyl (C=O) groups is 1. The van der Waals surface area contributed by atoms with Crippen molar-refractivity contribution in [3.05, 3.63) is 53.7 Å². The summed E-state index contributed by atoms with van der Waals surface area (Å²) in [6.07, 6.45) is 2.24. The van der Waals surface area contributed by atoms with Gasteiger partial charge in [0, 0.05) is 31.4 Å². The molecule has 8 heteroatoms. The predicted molar refractivity (Wildman–Crippen MR) is 104 cm³/mol. The van der Waals surface area contributed by atoms with Crippen LogP contribution in [0.3, 0.4) is 0 Å². The van der Waals surface area contributed by atoms with E-state index in [9.17, 15) is 18.0 Å². The van der Waals surface area contributed by atoms with Gasteiger partial charge in [-0.3, -0.25) is 4.79 Å². The zero-order valence-electron chi connectivity index (χ0n) is 16.0. The molecule has 0 radical (unpaired) electrons. The van der Waals surface area contributed by atoms with Crippen LogP contribution in [0.5, 0.6) is 5.75 Å². The van der Waals surface area contributed by atoms with E-state index in [0.29, 0.717) is 12.1 Å².